The first-order valence-electron chi connectivity index (χ1n) is 8.48. The number of nitrogens with zero attached hydrogens (tertiary/aromatic N) is 4. The number of rotatable bonds is 4. The molecule has 10 heteroatoms. The van der Waals surface area contributed by atoms with E-state index in [1.807, 2.05) is 0 Å². The van der Waals surface area contributed by atoms with E-state index in [0.29, 0.717) is 5.69 Å². The lowest BCUT2D eigenvalue weighted by molar-refractivity contribution is -0.199. The van der Waals surface area contributed by atoms with Crippen molar-refractivity contribution in [2.24, 2.45) is 7.05 Å². The van der Waals surface area contributed by atoms with Crippen LogP contribution in [-0.4, -0.2) is 30.7 Å². The van der Waals surface area contributed by atoms with Gasteiger partial charge in [-0.25, -0.2) is 4.98 Å². The number of hydrogen-bond acceptors (Lipinski definition) is 5. The summed E-state index contributed by atoms with van der Waals surface area (Å²) in [4.78, 5) is 27.2. The summed E-state index contributed by atoms with van der Waals surface area (Å²) in [6, 6.07) is 7.98. The average Bonchev–Trinajstić information content (AvgIpc) is 3.12. The fourth-order valence-electron chi connectivity index (χ4n) is 2.89. The topological polar surface area (TPSA) is 85.7 Å². The highest BCUT2D eigenvalue weighted by molar-refractivity contribution is 5.89. The number of alkyl halides is 3. The van der Waals surface area contributed by atoms with Crippen LogP contribution in [0.4, 0.5) is 13.2 Å². The highest BCUT2D eigenvalue weighted by atomic mass is 19.4. The number of fused-ring (bicyclic) bond motifs is 1. The third-order valence-corrected chi connectivity index (χ3v) is 4.18. The minimum atomic E-state index is -4.71. The number of aromatic nitrogens is 5. The van der Waals surface area contributed by atoms with Crippen molar-refractivity contribution in [1.29, 1.82) is 0 Å². The van der Waals surface area contributed by atoms with Crippen LogP contribution in [0.3, 0.4) is 0 Å². The molecule has 3 heterocycles. The summed E-state index contributed by atoms with van der Waals surface area (Å²) in [7, 11) is 1.75. The van der Waals surface area contributed by atoms with Crippen molar-refractivity contribution < 1.29 is 17.9 Å². The molecule has 0 fully saturated rings. The van der Waals surface area contributed by atoms with Crippen LogP contribution in [0.25, 0.3) is 22.3 Å². The highest BCUT2D eigenvalue weighted by Crippen LogP contribution is 2.36. The Bertz CT molecular complexity index is 1220. The van der Waals surface area contributed by atoms with E-state index in [0.717, 1.165) is 0 Å². The molecule has 3 aromatic heterocycles. The van der Waals surface area contributed by atoms with Crippen LogP contribution in [0.15, 0.2) is 59.9 Å². The zero-order valence-corrected chi connectivity index (χ0v) is 15.0. The van der Waals surface area contributed by atoms with E-state index >= 15 is 0 Å². The molecule has 148 valence electrons. The van der Waals surface area contributed by atoms with Crippen molar-refractivity contribution in [1.82, 2.24) is 24.5 Å². The standard InChI is InChI=1S/C19H14F3N5O2/c1-27-9-13(24-10-27)15-14-12(7-8-23-15)17(28)26-18(25-14)29-16(19(20,21)22)11-5-3-2-4-6-11/h2-10,16H,1H3,(H,25,26,28). The van der Waals surface area contributed by atoms with Crippen LogP contribution in [-0.2, 0) is 7.05 Å². The molecule has 29 heavy (non-hydrogen) atoms. The van der Waals surface area contributed by atoms with Crippen LogP contribution >= 0.6 is 0 Å². The van der Waals surface area contributed by atoms with Crippen LogP contribution < -0.4 is 10.3 Å². The number of H-pyrrole nitrogens is 1. The number of ether oxygens (including phenoxy) is 1. The summed E-state index contributed by atoms with van der Waals surface area (Å²) in [6.45, 7) is 0. The van der Waals surface area contributed by atoms with Gasteiger partial charge in [-0.05, 0) is 6.07 Å². The molecule has 0 amide bonds. The lowest BCUT2D eigenvalue weighted by Gasteiger charge is -2.21. The van der Waals surface area contributed by atoms with Gasteiger partial charge in [0.2, 0.25) is 6.10 Å². The van der Waals surface area contributed by atoms with E-state index < -0.39 is 23.8 Å². The smallest absolute Gasteiger partial charge is 0.429 e. The Morgan fingerprint density at radius 1 is 1.14 bits per heavy atom. The molecule has 0 spiro atoms. The van der Waals surface area contributed by atoms with Gasteiger partial charge >= 0.3 is 6.18 Å². The Morgan fingerprint density at radius 2 is 1.90 bits per heavy atom. The Hall–Kier alpha value is -3.69. The second kappa shape index (κ2) is 7.04. The SMILES string of the molecule is Cn1cnc(-c2nccc3c(=O)[nH]c(OC(c4ccccc4)C(F)(F)F)nc23)c1. The van der Waals surface area contributed by atoms with E-state index in [-0.39, 0.29) is 22.2 Å². The summed E-state index contributed by atoms with van der Waals surface area (Å²) in [5.74, 6) is 0. The Kier molecular flexibility index (Phi) is 4.53. The van der Waals surface area contributed by atoms with Gasteiger partial charge in [-0.1, -0.05) is 30.3 Å². The van der Waals surface area contributed by atoms with E-state index in [1.165, 1.54) is 42.9 Å². The Balaban J connectivity index is 1.83. The maximum absolute atomic E-state index is 13.6. The first-order chi connectivity index (χ1) is 13.8. The molecule has 1 unspecified atom stereocenters. The molecule has 0 aliphatic heterocycles. The van der Waals surface area contributed by atoms with Crippen molar-refractivity contribution >= 4 is 10.9 Å². The number of aromatic amines is 1. The third-order valence-electron chi connectivity index (χ3n) is 4.18. The number of hydrogen-bond donors (Lipinski definition) is 1. The van der Waals surface area contributed by atoms with E-state index in [4.69, 9.17) is 4.74 Å². The van der Waals surface area contributed by atoms with Crippen LogP contribution in [0.2, 0.25) is 0 Å². The largest absolute Gasteiger partial charge is 0.447 e. The van der Waals surface area contributed by atoms with Gasteiger partial charge in [0.25, 0.3) is 11.6 Å². The minimum absolute atomic E-state index is 0.0962. The molecule has 0 aliphatic carbocycles. The van der Waals surface area contributed by atoms with E-state index in [2.05, 4.69) is 19.9 Å². The van der Waals surface area contributed by atoms with Gasteiger partial charge in [-0.15, -0.1) is 0 Å². The summed E-state index contributed by atoms with van der Waals surface area (Å²) in [5, 5.41) is 0.163. The Morgan fingerprint density at radius 3 is 2.55 bits per heavy atom. The Labute approximate surface area is 161 Å². The average molecular weight is 401 g/mol. The van der Waals surface area contributed by atoms with Crippen molar-refractivity contribution in [3.63, 3.8) is 0 Å². The van der Waals surface area contributed by atoms with Crippen molar-refractivity contribution in [2.75, 3.05) is 0 Å². The normalized spacial score (nSPS) is 12.8. The van der Waals surface area contributed by atoms with E-state index in [9.17, 15) is 18.0 Å². The molecule has 1 N–H and O–H groups in total. The van der Waals surface area contributed by atoms with Gasteiger partial charge in [0.05, 0.1) is 11.7 Å². The first kappa shape index (κ1) is 18.7. The molecular formula is C19H14F3N5O2. The predicted molar refractivity (Wildman–Crippen MR) is 98.2 cm³/mol. The summed E-state index contributed by atoms with van der Waals surface area (Å²) in [6.07, 6.45) is -2.40. The second-order valence-electron chi connectivity index (χ2n) is 6.30. The monoisotopic (exact) mass is 401 g/mol. The summed E-state index contributed by atoms with van der Waals surface area (Å²) >= 11 is 0. The molecule has 0 saturated heterocycles. The van der Waals surface area contributed by atoms with Gasteiger partial charge in [0, 0.05) is 25.0 Å². The molecule has 4 rings (SSSR count). The number of halogens is 3. The molecule has 1 aromatic carbocycles. The van der Waals surface area contributed by atoms with E-state index in [1.54, 1.807) is 23.9 Å². The summed E-state index contributed by atoms with van der Waals surface area (Å²) < 4.78 is 47.5. The van der Waals surface area contributed by atoms with Crippen LogP contribution in [0.5, 0.6) is 6.01 Å². The van der Waals surface area contributed by atoms with Gasteiger partial charge in [0.15, 0.2) is 0 Å². The lowest BCUT2D eigenvalue weighted by Crippen LogP contribution is -2.27. The number of pyridine rings is 1. The number of aryl methyl sites for hydroxylation is 1. The second-order valence-corrected chi connectivity index (χ2v) is 6.30. The van der Waals surface area contributed by atoms with Crippen molar-refractivity contribution in [3.05, 3.63) is 71.0 Å². The number of nitrogens with one attached hydrogen (secondary N) is 1. The van der Waals surface area contributed by atoms with Crippen LogP contribution in [0, 0.1) is 0 Å². The zero-order valence-electron chi connectivity index (χ0n) is 15.0. The quantitative estimate of drug-likeness (QED) is 0.567. The van der Waals surface area contributed by atoms with Crippen molar-refractivity contribution in [2.45, 2.75) is 12.3 Å². The molecule has 7 nitrogen and oxygen atoms in total. The van der Waals surface area contributed by atoms with Gasteiger partial charge in [-0.3, -0.25) is 14.8 Å². The molecule has 0 bridgehead atoms. The van der Waals surface area contributed by atoms with Crippen LogP contribution in [0.1, 0.15) is 11.7 Å². The van der Waals surface area contributed by atoms with Crippen molar-refractivity contribution in [3.8, 4) is 17.4 Å². The zero-order chi connectivity index (χ0) is 20.6. The van der Waals surface area contributed by atoms with Gasteiger partial charge < -0.3 is 9.30 Å². The maximum Gasteiger partial charge on any atom is 0.429 e. The molecule has 0 radical (unpaired) electrons. The van der Waals surface area contributed by atoms with Gasteiger partial charge in [0.1, 0.15) is 16.9 Å². The molecular weight excluding hydrogens is 387 g/mol. The predicted octanol–water partition coefficient (Wildman–Crippen LogP) is 3.40. The minimum Gasteiger partial charge on any atom is -0.447 e. The fourth-order valence-corrected chi connectivity index (χ4v) is 2.89. The number of imidazole rings is 1. The first-order valence-corrected chi connectivity index (χ1v) is 8.48. The maximum atomic E-state index is 13.6. The molecule has 0 aliphatic rings. The number of benzene rings is 1. The van der Waals surface area contributed by atoms with Gasteiger partial charge in [-0.2, -0.15) is 18.2 Å². The molecule has 0 saturated carbocycles. The lowest BCUT2D eigenvalue weighted by atomic mass is 10.1. The highest BCUT2D eigenvalue weighted by Gasteiger charge is 2.43. The molecule has 4 aromatic rings. The third kappa shape index (κ3) is 3.68. The fraction of sp³-hybridized carbons (Fsp3) is 0.158. The molecule has 1 atom stereocenters. The summed E-state index contributed by atoms with van der Waals surface area (Å²) in [5.41, 5.74) is 0.0382.